The van der Waals surface area contributed by atoms with Crippen LogP contribution in [0.1, 0.15) is 88.2 Å². The number of nitrogens with two attached hydrogens (primary N) is 1. The molecule has 1 aromatic rings. The van der Waals surface area contributed by atoms with E-state index in [4.69, 9.17) is 4.74 Å². The molecule has 3 aliphatic rings. The lowest BCUT2D eigenvalue weighted by molar-refractivity contribution is -0.657. The number of benzene rings is 1. The first-order chi connectivity index (χ1) is 17.1. The second-order valence-electron chi connectivity index (χ2n) is 11.7. The summed E-state index contributed by atoms with van der Waals surface area (Å²) in [7, 11) is 0. The normalized spacial score (nSPS) is 27.1. The number of hydrogen-bond acceptors (Lipinski definition) is 2. The Kier molecular flexibility index (Phi) is 9.48. The molecule has 6 nitrogen and oxygen atoms in total. The van der Waals surface area contributed by atoms with E-state index < -0.39 is 0 Å². The number of fused-ring (bicyclic) bond motifs is 5. The number of rotatable bonds is 12. The summed E-state index contributed by atoms with van der Waals surface area (Å²) in [5.41, 5.74) is 11.4. The van der Waals surface area contributed by atoms with E-state index in [1.807, 2.05) is 4.90 Å². The number of amides is 1. The van der Waals surface area contributed by atoms with Gasteiger partial charge in [0, 0.05) is 25.9 Å². The maximum absolute atomic E-state index is 13.0. The van der Waals surface area contributed by atoms with E-state index in [-0.39, 0.29) is 6.09 Å². The maximum Gasteiger partial charge on any atom is 0.415 e. The summed E-state index contributed by atoms with van der Waals surface area (Å²) in [5.74, 6) is 3.19. The monoisotopic (exact) mass is 487 g/mol. The van der Waals surface area contributed by atoms with Gasteiger partial charge in [-0.25, -0.2) is 4.79 Å². The van der Waals surface area contributed by atoms with Crippen molar-refractivity contribution in [1.29, 1.82) is 0 Å². The van der Waals surface area contributed by atoms with Crippen LogP contribution in [0.2, 0.25) is 0 Å². The van der Waals surface area contributed by atoms with E-state index in [2.05, 4.69) is 41.9 Å². The number of carbonyl (C=O) groups excluding carboxylic acids is 1. The molecule has 0 radical (unpaired) electrons. The Morgan fingerprint density at radius 3 is 2.69 bits per heavy atom. The van der Waals surface area contributed by atoms with Crippen LogP contribution in [0.5, 0.6) is 5.75 Å². The predicted molar refractivity (Wildman–Crippen MR) is 139 cm³/mol. The van der Waals surface area contributed by atoms with Crippen molar-refractivity contribution >= 4 is 6.09 Å². The molecule has 196 valence electrons. The summed E-state index contributed by atoms with van der Waals surface area (Å²) in [6.45, 7) is 8.15. The summed E-state index contributed by atoms with van der Waals surface area (Å²) in [6, 6.07) is 6.51. The maximum atomic E-state index is 13.0. The minimum atomic E-state index is -0.201. The van der Waals surface area contributed by atoms with Crippen LogP contribution in [0.3, 0.4) is 0 Å². The molecule has 0 aliphatic heterocycles. The average Bonchev–Trinajstić information content (AvgIpc) is 3.26. The van der Waals surface area contributed by atoms with E-state index in [9.17, 15) is 4.79 Å². The fraction of sp³-hybridized carbons (Fsp3) is 0.759. The zero-order valence-electron chi connectivity index (χ0n) is 22.2. The van der Waals surface area contributed by atoms with Gasteiger partial charge >= 0.3 is 6.09 Å². The van der Waals surface area contributed by atoms with Crippen LogP contribution in [-0.4, -0.2) is 50.3 Å². The van der Waals surface area contributed by atoms with E-state index in [0.717, 1.165) is 82.5 Å². The second-order valence-corrected chi connectivity index (χ2v) is 11.7. The Bertz CT molecular complexity index is 831. The van der Waals surface area contributed by atoms with Gasteiger partial charge in [0.2, 0.25) is 0 Å². The third-order valence-electron chi connectivity index (χ3n) is 9.37. The molecular weight excluding hydrogens is 436 g/mol. The van der Waals surface area contributed by atoms with Crippen LogP contribution in [0.15, 0.2) is 18.2 Å². The standard InChI is InChI=1S/C29H48N4O2/c1-29-13-4-7-27(29)26-10-8-22-21-23(9-11-24(22)25(26)12-14-29)35-28(34)33(20-6-16-31)19-3-2-17-32-18-5-15-30/h9,11,21,25-27,32H,2-8,10,12-20,30-31H2,1H3/p+3. The van der Waals surface area contributed by atoms with E-state index in [1.54, 1.807) is 5.56 Å². The van der Waals surface area contributed by atoms with E-state index in [1.165, 1.54) is 50.5 Å². The topological polar surface area (TPSA) is 101 Å². The first-order valence-electron chi connectivity index (χ1n) is 14.6. The quantitative estimate of drug-likeness (QED) is 0.394. The first-order valence-corrected chi connectivity index (χ1v) is 14.6. The van der Waals surface area contributed by atoms with Gasteiger partial charge < -0.3 is 26.4 Å². The van der Waals surface area contributed by atoms with Crippen molar-refractivity contribution in [3.05, 3.63) is 29.3 Å². The van der Waals surface area contributed by atoms with Gasteiger partial charge in [-0.1, -0.05) is 19.4 Å². The molecule has 0 aromatic heterocycles. The zero-order valence-corrected chi connectivity index (χ0v) is 22.2. The van der Waals surface area contributed by atoms with Crippen LogP contribution in [0.25, 0.3) is 0 Å². The molecule has 8 N–H and O–H groups in total. The first kappa shape index (κ1) is 26.4. The summed E-state index contributed by atoms with van der Waals surface area (Å²) >= 11 is 0. The van der Waals surface area contributed by atoms with Crippen LogP contribution >= 0.6 is 0 Å². The lowest BCUT2D eigenvalue weighted by atomic mass is 9.56. The summed E-state index contributed by atoms with van der Waals surface area (Å²) < 4.78 is 5.92. The molecule has 6 heteroatoms. The molecule has 2 fully saturated rings. The molecule has 0 heterocycles. The number of aryl methyl sites for hydroxylation is 1. The van der Waals surface area contributed by atoms with Crippen molar-refractivity contribution < 1.29 is 26.3 Å². The van der Waals surface area contributed by atoms with Gasteiger partial charge in [-0.2, -0.15) is 0 Å². The Hall–Kier alpha value is -1.63. The summed E-state index contributed by atoms with van der Waals surface area (Å²) in [5, 5.41) is 2.36. The van der Waals surface area contributed by atoms with Gasteiger partial charge in [0.1, 0.15) is 5.75 Å². The van der Waals surface area contributed by atoms with Crippen molar-refractivity contribution in [2.24, 2.45) is 17.3 Å². The molecule has 2 saturated carbocycles. The van der Waals surface area contributed by atoms with Crippen molar-refractivity contribution in [1.82, 2.24) is 4.90 Å². The number of quaternary nitrogens is 3. The Labute approximate surface area is 212 Å². The molecule has 0 saturated heterocycles. The molecule has 3 aliphatic carbocycles. The third-order valence-corrected chi connectivity index (χ3v) is 9.37. The van der Waals surface area contributed by atoms with Crippen LogP contribution in [0.4, 0.5) is 4.79 Å². The van der Waals surface area contributed by atoms with Crippen molar-refractivity contribution in [2.45, 2.75) is 83.5 Å². The summed E-state index contributed by atoms with van der Waals surface area (Å²) in [4.78, 5) is 14.9. The Morgan fingerprint density at radius 1 is 1.06 bits per heavy atom. The molecule has 0 spiro atoms. The number of carbonyl (C=O) groups is 1. The van der Waals surface area contributed by atoms with E-state index >= 15 is 0 Å². The van der Waals surface area contributed by atoms with Gasteiger partial charge in [0.25, 0.3) is 0 Å². The number of unbranched alkanes of at least 4 members (excludes halogenated alkanes) is 1. The summed E-state index contributed by atoms with van der Waals surface area (Å²) in [6.07, 6.45) is 13.4. The van der Waals surface area contributed by atoms with Crippen molar-refractivity contribution in [2.75, 3.05) is 39.3 Å². The van der Waals surface area contributed by atoms with Gasteiger partial charge in [-0.05, 0) is 97.8 Å². The molecule has 4 atom stereocenters. The van der Waals surface area contributed by atoms with Crippen molar-refractivity contribution in [3.8, 4) is 5.75 Å². The molecule has 4 unspecified atom stereocenters. The molecule has 1 amide bonds. The van der Waals surface area contributed by atoms with Gasteiger partial charge in [0.15, 0.2) is 0 Å². The molecule has 35 heavy (non-hydrogen) atoms. The highest BCUT2D eigenvalue weighted by Gasteiger charge is 2.50. The fourth-order valence-electron chi connectivity index (χ4n) is 7.40. The fourth-order valence-corrected chi connectivity index (χ4v) is 7.40. The largest absolute Gasteiger partial charge is 0.415 e. The van der Waals surface area contributed by atoms with Crippen LogP contribution < -0.4 is 21.5 Å². The smallest absolute Gasteiger partial charge is 0.410 e. The Morgan fingerprint density at radius 2 is 1.86 bits per heavy atom. The minimum absolute atomic E-state index is 0.201. The predicted octanol–water partition coefficient (Wildman–Crippen LogP) is 2.34. The lowest BCUT2D eigenvalue weighted by Crippen LogP contribution is -2.84. The van der Waals surface area contributed by atoms with Crippen LogP contribution in [-0.2, 0) is 6.42 Å². The second kappa shape index (κ2) is 12.6. The molecule has 0 bridgehead atoms. The van der Waals surface area contributed by atoms with Gasteiger partial charge in [0.05, 0.1) is 26.2 Å². The Balaban J connectivity index is 1.33. The number of nitrogens with zero attached hydrogens (tertiary/aromatic N) is 1. The van der Waals surface area contributed by atoms with E-state index in [0.29, 0.717) is 11.3 Å². The van der Waals surface area contributed by atoms with Crippen molar-refractivity contribution in [3.63, 3.8) is 0 Å². The highest BCUT2D eigenvalue weighted by molar-refractivity contribution is 5.70. The highest BCUT2D eigenvalue weighted by atomic mass is 16.6. The molecular formula is C29H51N4O2+3. The molecule has 4 rings (SSSR count). The van der Waals surface area contributed by atoms with Crippen LogP contribution in [0, 0.1) is 17.3 Å². The van der Waals surface area contributed by atoms with Gasteiger partial charge in [-0.3, -0.25) is 0 Å². The average molecular weight is 488 g/mol. The third kappa shape index (κ3) is 6.39. The zero-order chi connectivity index (χ0) is 24.7. The minimum Gasteiger partial charge on any atom is -0.410 e. The number of hydrogen-bond donors (Lipinski definition) is 3. The number of ether oxygens (including phenoxy) is 1. The SMILES string of the molecule is CC12CCCC1C1CCc3cc(OC(=O)N(CCC[NH3+])CCCC[NH2+]CCC[NH3+])ccc3C1CC2. The van der Waals surface area contributed by atoms with Gasteiger partial charge in [-0.15, -0.1) is 0 Å². The highest BCUT2D eigenvalue weighted by Crippen LogP contribution is 2.60. The lowest BCUT2D eigenvalue weighted by Gasteiger charge is -2.49. The molecule has 1 aromatic carbocycles.